The molecule has 76 valence electrons. The molecule has 0 amide bonds. The van der Waals surface area contributed by atoms with E-state index in [1.807, 2.05) is 6.08 Å². The monoisotopic (exact) mass is 180 g/mol. The quantitative estimate of drug-likeness (QED) is 0.543. The lowest BCUT2D eigenvalue weighted by atomic mass is 9.87. The van der Waals surface area contributed by atoms with Crippen LogP contribution in [0.4, 0.5) is 0 Å². The second kappa shape index (κ2) is 5.26. The highest BCUT2D eigenvalue weighted by Crippen LogP contribution is 2.25. The van der Waals surface area contributed by atoms with E-state index in [-0.39, 0.29) is 5.41 Å². The highest BCUT2D eigenvalue weighted by molar-refractivity contribution is 5.12. The third kappa shape index (κ3) is 4.92. The first-order chi connectivity index (χ1) is 5.93. The van der Waals surface area contributed by atoms with Gasteiger partial charge < -0.3 is 0 Å². The van der Waals surface area contributed by atoms with Crippen molar-refractivity contribution in [1.82, 2.24) is 0 Å². The maximum atomic E-state index is 3.85. The summed E-state index contributed by atoms with van der Waals surface area (Å²) in [5.74, 6) is 0.712. The Bertz CT molecular complexity index is 184. The van der Waals surface area contributed by atoms with E-state index in [1.54, 1.807) is 0 Å². The SMILES string of the molecule is C=CC(C)(C)C=C(C)C(C)CCC. The van der Waals surface area contributed by atoms with Gasteiger partial charge in [-0.2, -0.15) is 0 Å². The summed E-state index contributed by atoms with van der Waals surface area (Å²) in [6.07, 6.45) is 6.89. The molecule has 1 atom stereocenters. The summed E-state index contributed by atoms with van der Waals surface area (Å²) in [5, 5.41) is 0. The molecule has 0 aliphatic carbocycles. The van der Waals surface area contributed by atoms with Crippen molar-refractivity contribution in [2.24, 2.45) is 11.3 Å². The molecule has 0 aliphatic rings. The van der Waals surface area contributed by atoms with Gasteiger partial charge in [0.25, 0.3) is 0 Å². The molecule has 0 aromatic heterocycles. The highest BCUT2D eigenvalue weighted by Gasteiger charge is 2.11. The van der Waals surface area contributed by atoms with E-state index in [2.05, 4.69) is 47.3 Å². The topological polar surface area (TPSA) is 0 Å². The van der Waals surface area contributed by atoms with Gasteiger partial charge in [-0.1, -0.05) is 51.8 Å². The lowest BCUT2D eigenvalue weighted by Crippen LogP contribution is -2.06. The highest BCUT2D eigenvalue weighted by atomic mass is 14.2. The van der Waals surface area contributed by atoms with Crippen LogP contribution in [0.25, 0.3) is 0 Å². The molecular formula is C13H24. The van der Waals surface area contributed by atoms with E-state index >= 15 is 0 Å². The fraction of sp³-hybridized carbons (Fsp3) is 0.692. The van der Waals surface area contributed by atoms with Gasteiger partial charge in [-0.25, -0.2) is 0 Å². The van der Waals surface area contributed by atoms with E-state index < -0.39 is 0 Å². The fourth-order valence-corrected chi connectivity index (χ4v) is 1.45. The van der Waals surface area contributed by atoms with E-state index in [0.29, 0.717) is 5.92 Å². The minimum absolute atomic E-state index is 0.145. The summed E-state index contributed by atoms with van der Waals surface area (Å²) < 4.78 is 0. The molecule has 0 N–H and O–H groups in total. The van der Waals surface area contributed by atoms with Crippen LogP contribution in [0, 0.1) is 11.3 Å². The first-order valence-corrected chi connectivity index (χ1v) is 5.26. The molecule has 0 bridgehead atoms. The summed E-state index contributed by atoms with van der Waals surface area (Å²) >= 11 is 0. The molecule has 0 nitrogen and oxygen atoms in total. The molecule has 0 spiro atoms. The standard InChI is InChI=1S/C13H24/c1-7-9-11(3)12(4)10-13(5,6)8-2/h8,10-11H,2,7,9H2,1,3-6H3. The zero-order chi connectivity index (χ0) is 10.5. The normalized spacial score (nSPS) is 15.6. The number of allylic oxidation sites excluding steroid dienone is 3. The molecule has 0 fully saturated rings. The Balaban J connectivity index is 4.38. The molecule has 1 unspecified atom stereocenters. The molecule has 0 rings (SSSR count). The average molecular weight is 180 g/mol. The predicted octanol–water partition coefficient (Wildman–Crippen LogP) is 4.58. The van der Waals surface area contributed by atoms with Gasteiger partial charge in [0.05, 0.1) is 0 Å². The van der Waals surface area contributed by atoms with Gasteiger partial charge in [0, 0.05) is 5.41 Å². The summed E-state index contributed by atoms with van der Waals surface area (Å²) in [5.41, 5.74) is 1.64. The summed E-state index contributed by atoms with van der Waals surface area (Å²) in [7, 11) is 0. The summed E-state index contributed by atoms with van der Waals surface area (Å²) in [4.78, 5) is 0. The second-order valence-electron chi connectivity index (χ2n) is 4.60. The zero-order valence-electron chi connectivity index (χ0n) is 9.85. The van der Waals surface area contributed by atoms with Gasteiger partial charge in [-0.05, 0) is 19.3 Å². The van der Waals surface area contributed by atoms with Crippen LogP contribution >= 0.6 is 0 Å². The van der Waals surface area contributed by atoms with Gasteiger partial charge in [-0.3, -0.25) is 0 Å². The van der Waals surface area contributed by atoms with Crippen LogP contribution < -0.4 is 0 Å². The number of hydrogen-bond acceptors (Lipinski definition) is 0. The summed E-state index contributed by atoms with van der Waals surface area (Å²) in [6.45, 7) is 15.0. The van der Waals surface area contributed by atoms with Crippen LogP contribution in [0.5, 0.6) is 0 Å². The van der Waals surface area contributed by atoms with Gasteiger partial charge in [-0.15, -0.1) is 6.58 Å². The second-order valence-corrected chi connectivity index (χ2v) is 4.60. The molecule has 0 aromatic carbocycles. The van der Waals surface area contributed by atoms with Crippen LogP contribution in [-0.2, 0) is 0 Å². The molecule has 0 radical (unpaired) electrons. The van der Waals surface area contributed by atoms with Crippen molar-refractivity contribution in [1.29, 1.82) is 0 Å². The van der Waals surface area contributed by atoms with Gasteiger partial charge >= 0.3 is 0 Å². The third-order valence-corrected chi connectivity index (χ3v) is 2.62. The van der Waals surface area contributed by atoms with Crippen molar-refractivity contribution < 1.29 is 0 Å². The molecular weight excluding hydrogens is 156 g/mol. The number of hydrogen-bond donors (Lipinski definition) is 0. The lowest BCUT2D eigenvalue weighted by molar-refractivity contribution is 0.566. The van der Waals surface area contributed by atoms with Crippen LogP contribution in [0.3, 0.4) is 0 Å². The Hall–Kier alpha value is -0.520. The van der Waals surface area contributed by atoms with Crippen LogP contribution in [-0.4, -0.2) is 0 Å². The molecule has 13 heavy (non-hydrogen) atoms. The molecule has 0 saturated heterocycles. The Kier molecular flexibility index (Phi) is 5.05. The smallest absolute Gasteiger partial charge is 0.000440 e. The van der Waals surface area contributed by atoms with Crippen molar-refractivity contribution in [2.75, 3.05) is 0 Å². The largest absolute Gasteiger partial charge is 0.102 e. The van der Waals surface area contributed by atoms with E-state index in [1.165, 1.54) is 18.4 Å². The Morgan fingerprint density at radius 3 is 2.38 bits per heavy atom. The molecule has 0 heterocycles. The molecule has 0 heteroatoms. The average Bonchev–Trinajstić information content (AvgIpc) is 2.04. The maximum absolute atomic E-state index is 3.85. The molecule has 0 aliphatic heterocycles. The number of rotatable bonds is 5. The van der Waals surface area contributed by atoms with Crippen molar-refractivity contribution >= 4 is 0 Å². The minimum Gasteiger partial charge on any atom is -0.102 e. The lowest BCUT2D eigenvalue weighted by Gasteiger charge is -2.19. The molecule has 0 aromatic rings. The Morgan fingerprint density at radius 2 is 2.00 bits per heavy atom. The van der Waals surface area contributed by atoms with Crippen LogP contribution in [0.1, 0.15) is 47.5 Å². The third-order valence-electron chi connectivity index (χ3n) is 2.62. The van der Waals surface area contributed by atoms with E-state index in [4.69, 9.17) is 0 Å². The van der Waals surface area contributed by atoms with Crippen molar-refractivity contribution in [3.8, 4) is 0 Å². The predicted molar refractivity (Wildman–Crippen MR) is 61.8 cm³/mol. The minimum atomic E-state index is 0.145. The van der Waals surface area contributed by atoms with Crippen molar-refractivity contribution in [3.05, 3.63) is 24.3 Å². The summed E-state index contributed by atoms with van der Waals surface area (Å²) in [6, 6.07) is 0. The van der Waals surface area contributed by atoms with Gasteiger partial charge in [0.1, 0.15) is 0 Å². The zero-order valence-corrected chi connectivity index (χ0v) is 9.85. The molecule has 0 saturated carbocycles. The van der Waals surface area contributed by atoms with Crippen molar-refractivity contribution in [3.63, 3.8) is 0 Å². The first-order valence-electron chi connectivity index (χ1n) is 5.26. The van der Waals surface area contributed by atoms with Crippen LogP contribution in [0.2, 0.25) is 0 Å². The van der Waals surface area contributed by atoms with Gasteiger partial charge in [0.15, 0.2) is 0 Å². The Morgan fingerprint density at radius 1 is 1.46 bits per heavy atom. The fourth-order valence-electron chi connectivity index (χ4n) is 1.45. The van der Waals surface area contributed by atoms with E-state index in [9.17, 15) is 0 Å². The van der Waals surface area contributed by atoms with E-state index in [0.717, 1.165) is 0 Å². The Labute approximate surface area is 83.7 Å². The van der Waals surface area contributed by atoms with Crippen LogP contribution in [0.15, 0.2) is 24.3 Å². The first kappa shape index (κ1) is 12.5. The van der Waals surface area contributed by atoms with Gasteiger partial charge in [0.2, 0.25) is 0 Å². The van der Waals surface area contributed by atoms with Crippen molar-refractivity contribution in [2.45, 2.75) is 47.5 Å². The maximum Gasteiger partial charge on any atom is 0.000440 e.